The van der Waals surface area contributed by atoms with E-state index in [1.54, 1.807) is 18.0 Å². The van der Waals surface area contributed by atoms with E-state index in [4.69, 9.17) is 5.26 Å². The van der Waals surface area contributed by atoms with Gasteiger partial charge < -0.3 is 4.74 Å². The maximum Gasteiger partial charge on any atom is 0.323 e. The summed E-state index contributed by atoms with van der Waals surface area (Å²) in [6.07, 6.45) is 2.09. The Morgan fingerprint density at radius 3 is 2.92 bits per heavy atom. The third kappa shape index (κ3) is 4.14. The summed E-state index contributed by atoms with van der Waals surface area (Å²) in [6.45, 7) is 2.03. The number of hydrogen-bond donors (Lipinski definition) is 0. The van der Waals surface area contributed by atoms with E-state index in [1.807, 2.05) is 6.07 Å². The van der Waals surface area contributed by atoms with Crippen molar-refractivity contribution in [3.63, 3.8) is 0 Å². The molecule has 4 heteroatoms. The van der Waals surface area contributed by atoms with Crippen LogP contribution >= 0.6 is 15.9 Å². The average molecular weight is 232 g/mol. The largest absolute Gasteiger partial charge is 0.465 e. The molecule has 0 N–H and O–H groups in total. The van der Waals surface area contributed by atoms with Crippen LogP contribution in [-0.2, 0) is 9.53 Å². The summed E-state index contributed by atoms with van der Waals surface area (Å²) in [5.74, 6) is -1.13. The topological polar surface area (TPSA) is 50.1 Å². The van der Waals surface area contributed by atoms with E-state index in [0.717, 1.165) is 0 Å². The first-order chi connectivity index (χ1) is 5.76. The van der Waals surface area contributed by atoms with Gasteiger partial charge in [0.2, 0.25) is 0 Å². The van der Waals surface area contributed by atoms with Crippen LogP contribution in [0.4, 0.5) is 0 Å². The zero-order valence-electron chi connectivity index (χ0n) is 6.79. The number of hydrogen-bond acceptors (Lipinski definition) is 3. The number of allylic oxidation sites excluding steroid dienone is 1. The van der Waals surface area contributed by atoms with E-state index in [9.17, 15) is 4.79 Å². The number of halogens is 1. The maximum atomic E-state index is 11.0. The van der Waals surface area contributed by atoms with Crippen LogP contribution in [0.5, 0.6) is 0 Å². The van der Waals surface area contributed by atoms with Gasteiger partial charge in [0.1, 0.15) is 5.92 Å². The minimum Gasteiger partial charge on any atom is -0.465 e. The first kappa shape index (κ1) is 11.2. The summed E-state index contributed by atoms with van der Waals surface area (Å²) in [4.78, 5) is 12.6. The van der Waals surface area contributed by atoms with Gasteiger partial charge in [0.25, 0.3) is 0 Å². The van der Waals surface area contributed by atoms with E-state index in [0.29, 0.717) is 13.0 Å². The van der Waals surface area contributed by atoms with Gasteiger partial charge >= 0.3 is 5.97 Å². The van der Waals surface area contributed by atoms with Crippen molar-refractivity contribution in [2.45, 2.75) is 13.3 Å². The van der Waals surface area contributed by atoms with Crippen molar-refractivity contribution in [3.8, 4) is 6.07 Å². The second kappa shape index (κ2) is 6.86. The van der Waals surface area contributed by atoms with Gasteiger partial charge in [0.05, 0.1) is 12.7 Å². The molecule has 0 aliphatic heterocycles. The quantitative estimate of drug-likeness (QED) is 0.696. The van der Waals surface area contributed by atoms with Crippen LogP contribution in [0.25, 0.3) is 0 Å². The van der Waals surface area contributed by atoms with Crippen molar-refractivity contribution in [3.05, 3.63) is 11.1 Å². The molecule has 0 aliphatic carbocycles. The van der Waals surface area contributed by atoms with Crippen molar-refractivity contribution >= 4 is 21.9 Å². The number of nitriles is 1. The van der Waals surface area contributed by atoms with Crippen LogP contribution in [0.3, 0.4) is 0 Å². The van der Waals surface area contributed by atoms with Crippen LogP contribution in [0, 0.1) is 17.2 Å². The molecule has 0 aromatic rings. The molecule has 66 valence electrons. The van der Waals surface area contributed by atoms with Crippen molar-refractivity contribution in [1.82, 2.24) is 0 Å². The van der Waals surface area contributed by atoms with E-state index < -0.39 is 11.9 Å². The van der Waals surface area contributed by atoms with Crippen LogP contribution in [0.1, 0.15) is 13.3 Å². The molecule has 0 rings (SSSR count). The van der Waals surface area contributed by atoms with Gasteiger partial charge in [-0.15, -0.1) is 0 Å². The van der Waals surface area contributed by atoms with Crippen molar-refractivity contribution in [2.75, 3.05) is 6.61 Å². The molecular weight excluding hydrogens is 222 g/mol. The summed E-state index contributed by atoms with van der Waals surface area (Å²) in [5, 5.41) is 8.55. The number of nitrogens with zero attached hydrogens (tertiary/aromatic N) is 1. The SMILES string of the molecule is CCOC(=O)C(C#N)C/C=C/Br. The maximum absolute atomic E-state index is 11.0. The highest BCUT2D eigenvalue weighted by molar-refractivity contribution is 9.11. The minimum atomic E-state index is -0.682. The second-order valence-electron chi connectivity index (χ2n) is 2.03. The van der Waals surface area contributed by atoms with Crippen molar-refractivity contribution in [1.29, 1.82) is 5.26 Å². The molecule has 1 atom stereocenters. The Morgan fingerprint density at radius 2 is 2.50 bits per heavy atom. The molecule has 0 amide bonds. The third-order valence-corrected chi connectivity index (χ3v) is 1.56. The summed E-state index contributed by atoms with van der Waals surface area (Å²) < 4.78 is 4.68. The summed E-state index contributed by atoms with van der Waals surface area (Å²) in [5.41, 5.74) is 0. The third-order valence-electron chi connectivity index (χ3n) is 1.19. The fourth-order valence-electron chi connectivity index (χ4n) is 0.632. The van der Waals surface area contributed by atoms with Crippen LogP contribution < -0.4 is 0 Å². The van der Waals surface area contributed by atoms with Gasteiger partial charge in [-0.05, 0) is 18.3 Å². The highest BCUT2D eigenvalue weighted by Gasteiger charge is 2.16. The van der Waals surface area contributed by atoms with Gasteiger partial charge in [-0.3, -0.25) is 4.79 Å². The first-order valence-corrected chi connectivity index (χ1v) is 4.49. The Morgan fingerprint density at radius 1 is 1.83 bits per heavy atom. The molecule has 12 heavy (non-hydrogen) atoms. The average Bonchev–Trinajstić information content (AvgIpc) is 2.06. The van der Waals surface area contributed by atoms with Gasteiger partial charge in [0, 0.05) is 0 Å². The van der Waals surface area contributed by atoms with E-state index in [-0.39, 0.29) is 0 Å². The predicted molar refractivity (Wildman–Crippen MR) is 48.4 cm³/mol. The minimum absolute atomic E-state index is 0.315. The van der Waals surface area contributed by atoms with E-state index in [2.05, 4.69) is 20.7 Å². The van der Waals surface area contributed by atoms with Gasteiger partial charge in [-0.25, -0.2) is 0 Å². The fraction of sp³-hybridized carbons (Fsp3) is 0.500. The number of carbonyl (C=O) groups excluding carboxylic acids is 1. The molecule has 0 spiro atoms. The zero-order chi connectivity index (χ0) is 9.40. The highest BCUT2D eigenvalue weighted by Crippen LogP contribution is 2.06. The molecule has 0 bridgehead atoms. The number of carbonyl (C=O) groups is 1. The predicted octanol–water partition coefficient (Wildman–Crippen LogP) is 1.99. The smallest absolute Gasteiger partial charge is 0.323 e. The molecule has 0 saturated heterocycles. The molecule has 0 saturated carbocycles. The lowest BCUT2D eigenvalue weighted by molar-refractivity contribution is -0.145. The normalized spacial score (nSPS) is 12.4. The van der Waals surface area contributed by atoms with Crippen LogP contribution in [0.2, 0.25) is 0 Å². The standard InChI is InChI=1S/C8H10BrNO2/c1-2-12-8(11)7(6-10)4-3-5-9/h3,5,7H,2,4H2,1H3/b5-3+. The Balaban J connectivity index is 3.98. The zero-order valence-corrected chi connectivity index (χ0v) is 8.37. The van der Waals surface area contributed by atoms with E-state index in [1.165, 1.54) is 0 Å². The number of esters is 1. The lowest BCUT2D eigenvalue weighted by Gasteiger charge is -2.04. The Kier molecular flexibility index (Phi) is 6.39. The molecule has 0 aromatic heterocycles. The van der Waals surface area contributed by atoms with Crippen LogP contribution in [0.15, 0.2) is 11.1 Å². The molecule has 0 heterocycles. The van der Waals surface area contributed by atoms with Crippen LogP contribution in [-0.4, -0.2) is 12.6 Å². The number of rotatable bonds is 4. The summed E-state index contributed by atoms with van der Waals surface area (Å²) >= 11 is 3.05. The first-order valence-electron chi connectivity index (χ1n) is 3.57. The van der Waals surface area contributed by atoms with Gasteiger partial charge in [-0.2, -0.15) is 5.26 Å². The van der Waals surface area contributed by atoms with Gasteiger partial charge in [-0.1, -0.05) is 22.0 Å². The molecular formula is C8H10BrNO2. The van der Waals surface area contributed by atoms with Crippen molar-refractivity contribution in [2.24, 2.45) is 5.92 Å². The Labute approximate surface area is 80.1 Å². The Bertz CT molecular complexity index is 208. The summed E-state index contributed by atoms with van der Waals surface area (Å²) in [6, 6.07) is 1.87. The fourth-order valence-corrected chi connectivity index (χ4v) is 0.848. The molecule has 3 nitrogen and oxygen atoms in total. The molecule has 1 unspecified atom stereocenters. The second-order valence-corrected chi connectivity index (χ2v) is 2.56. The highest BCUT2D eigenvalue weighted by atomic mass is 79.9. The molecule has 0 radical (unpaired) electrons. The lowest BCUT2D eigenvalue weighted by atomic mass is 10.1. The number of ether oxygens (including phenoxy) is 1. The molecule has 0 fully saturated rings. The monoisotopic (exact) mass is 231 g/mol. The lowest BCUT2D eigenvalue weighted by Crippen LogP contribution is -2.15. The summed E-state index contributed by atoms with van der Waals surface area (Å²) in [7, 11) is 0. The molecule has 0 aromatic carbocycles. The molecule has 0 aliphatic rings. The van der Waals surface area contributed by atoms with Gasteiger partial charge in [0.15, 0.2) is 0 Å². The van der Waals surface area contributed by atoms with E-state index >= 15 is 0 Å². The van der Waals surface area contributed by atoms with Crippen molar-refractivity contribution < 1.29 is 9.53 Å². The Hall–Kier alpha value is -0.820.